The van der Waals surface area contributed by atoms with Crippen molar-refractivity contribution < 1.29 is 30.0 Å². The maximum Gasteiger partial charge on any atom is 0.360 e. The quantitative estimate of drug-likeness (QED) is 0.423. The summed E-state index contributed by atoms with van der Waals surface area (Å²) >= 11 is 0. The van der Waals surface area contributed by atoms with Gasteiger partial charge in [0.25, 0.3) is 0 Å². The van der Waals surface area contributed by atoms with Crippen molar-refractivity contribution >= 4 is 5.97 Å². The van der Waals surface area contributed by atoms with Gasteiger partial charge in [0.2, 0.25) is 0 Å². The Balaban J connectivity index is 2.53. The summed E-state index contributed by atoms with van der Waals surface area (Å²) in [6.45, 7) is -0.526. The molecular formula is C9H13N3O6. The monoisotopic (exact) mass is 259 g/mol. The van der Waals surface area contributed by atoms with Gasteiger partial charge in [0.05, 0.1) is 13.7 Å². The standard InChI is InChI=1S/C9H13N3O6/c1-18-9(17)4-5-7(15)8(16)6(14)3(2-13)12(5)11-10-4/h3,6-8,13-16H,2H2,1H3/t3-,6+,7+,8+/m1/s1. The molecule has 9 heteroatoms. The number of esters is 1. The molecule has 0 spiro atoms. The number of nitrogens with zero attached hydrogens (tertiary/aromatic N) is 3. The van der Waals surface area contributed by atoms with Gasteiger partial charge in [-0.05, 0) is 0 Å². The van der Waals surface area contributed by atoms with Gasteiger partial charge in [0.15, 0.2) is 5.69 Å². The molecule has 0 saturated carbocycles. The Morgan fingerprint density at radius 1 is 1.39 bits per heavy atom. The van der Waals surface area contributed by atoms with Gasteiger partial charge in [0, 0.05) is 0 Å². The van der Waals surface area contributed by atoms with Crippen molar-refractivity contribution in [3.63, 3.8) is 0 Å². The van der Waals surface area contributed by atoms with Crippen LogP contribution in [0.4, 0.5) is 0 Å². The Hall–Kier alpha value is -1.55. The molecule has 0 aromatic carbocycles. The Morgan fingerprint density at radius 3 is 2.61 bits per heavy atom. The van der Waals surface area contributed by atoms with E-state index in [9.17, 15) is 20.1 Å². The third-order valence-corrected chi connectivity index (χ3v) is 2.96. The van der Waals surface area contributed by atoms with Gasteiger partial charge in [-0.25, -0.2) is 9.48 Å². The Kier molecular flexibility index (Phi) is 3.30. The molecule has 100 valence electrons. The molecule has 4 atom stereocenters. The molecule has 1 aliphatic heterocycles. The summed E-state index contributed by atoms with van der Waals surface area (Å²) in [5.41, 5.74) is -0.340. The second-order valence-electron chi connectivity index (χ2n) is 3.94. The number of aromatic nitrogens is 3. The minimum atomic E-state index is -1.54. The molecule has 0 saturated heterocycles. The topological polar surface area (TPSA) is 138 Å². The van der Waals surface area contributed by atoms with Gasteiger partial charge in [-0.2, -0.15) is 0 Å². The van der Waals surface area contributed by atoms with E-state index in [0.29, 0.717) is 0 Å². The summed E-state index contributed by atoms with van der Waals surface area (Å²) in [7, 11) is 1.14. The number of aliphatic hydroxyl groups is 4. The largest absolute Gasteiger partial charge is 0.464 e. The molecule has 4 N–H and O–H groups in total. The fraction of sp³-hybridized carbons (Fsp3) is 0.667. The summed E-state index contributed by atoms with van der Waals surface area (Å²) in [6.07, 6.45) is -4.49. The third kappa shape index (κ3) is 1.68. The normalized spacial score (nSPS) is 30.9. The Labute approximate surface area is 101 Å². The van der Waals surface area contributed by atoms with E-state index in [1.165, 1.54) is 0 Å². The lowest BCUT2D eigenvalue weighted by molar-refractivity contribution is -0.110. The summed E-state index contributed by atoms with van der Waals surface area (Å²) in [4.78, 5) is 11.4. The zero-order chi connectivity index (χ0) is 13.4. The SMILES string of the molecule is COC(=O)c1nnn2c1[C@H](O)[C@@H](O)[C@@H](O)[C@H]2CO. The molecular weight excluding hydrogens is 246 g/mol. The molecule has 1 aromatic heterocycles. The van der Waals surface area contributed by atoms with Crippen LogP contribution in [-0.4, -0.2) is 67.3 Å². The highest BCUT2D eigenvalue weighted by Crippen LogP contribution is 2.33. The fourth-order valence-corrected chi connectivity index (χ4v) is 1.97. The van der Waals surface area contributed by atoms with Crippen molar-refractivity contribution in [3.8, 4) is 0 Å². The van der Waals surface area contributed by atoms with Crippen LogP contribution in [0.25, 0.3) is 0 Å². The minimum Gasteiger partial charge on any atom is -0.464 e. The first-order valence-corrected chi connectivity index (χ1v) is 5.21. The van der Waals surface area contributed by atoms with E-state index in [2.05, 4.69) is 15.0 Å². The van der Waals surface area contributed by atoms with Crippen molar-refractivity contribution in [2.24, 2.45) is 0 Å². The molecule has 2 heterocycles. The van der Waals surface area contributed by atoms with Crippen LogP contribution in [-0.2, 0) is 4.74 Å². The average Bonchev–Trinajstić information content (AvgIpc) is 2.80. The Morgan fingerprint density at radius 2 is 2.06 bits per heavy atom. The second kappa shape index (κ2) is 4.61. The number of carbonyl (C=O) groups is 1. The summed E-state index contributed by atoms with van der Waals surface area (Å²) in [5, 5.41) is 45.5. The highest BCUT2D eigenvalue weighted by Gasteiger charge is 2.44. The molecule has 0 aliphatic carbocycles. The van der Waals surface area contributed by atoms with Crippen LogP contribution in [0.3, 0.4) is 0 Å². The summed E-state index contributed by atoms with van der Waals surface area (Å²) in [5.74, 6) is -0.824. The Bertz CT molecular complexity index is 461. The number of hydrogen-bond donors (Lipinski definition) is 4. The van der Waals surface area contributed by atoms with Crippen molar-refractivity contribution in [2.75, 3.05) is 13.7 Å². The van der Waals surface area contributed by atoms with Gasteiger partial charge in [-0.15, -0.1) is 5.10 Å². The van der Waals surface area contributed by atoms with Crippen LogP contribution in [0.1, 0.15) is 28.3 Å². The van der Waals surface area contributed by atoms with Crippen LogP contribution in [0.5, 0.6) is 0 Å². The molecule has 2 rings (SSSR count). The lowest BCUT2D eigenvalue weighted by Crippen LogP contribution is -2.47. The third-order valence-electron chi connectivity index (χ3n) is 2.96. The lowest BCUT2D eigenvalue weighted by atomic mass is 9.93. The van der Waals surface area contributed by atoms with Crippen LogP contribution in [0, 0.1) is 0 Å². The second-order valence-corrected chi connectivity index (χ2v) is 3.94. The number of rotatable bonds is 2. The number of methoxy groups -OCH3 is 1. The first-order valence-electron chi connectivity index (χ1n) is 5.21. The van der Waals surface area contributed by atoms with E-state index >= 15 is 0 Å². The first-order chi connectivity index (χ1) is 8.52. The molecule has 1 aliphatic rings. The highest BCUT2D eigenvalue weighted by atomic mass is 16.5. The lowest BCUT2D eigenvalue weighted by Gasteiger charge is -2.34. The highest BCUT2D eigenvalue weighted by molar-refractivity contribution is 5.88. The minimum absolute atomic E-state index is 0.0845. The van der Waals surface area contributed by atoms with E-state index in [0.717, 1.165) is 11.8 Å². The smallest absolute Gasteiger partial charge is 0.360 e. The molecule has 0 unspecified atom stereocenters. The van der Waals surface area contributed by atoms with E-state index in [4.69, 9.17) is 5.11 Å². The van der Waals surface area contributed by atoms with Gasteiger partial charge in [-0.1, -0.05) is 5.21 Å². The van der Waals surface area contributed by atoms with Crippen LogP contribution in [0.2, 0.25) is 0 Å². The maximum atomic E-state index is 11.4. The van der Waals surface area contributed by atoms with E-state index in [-0.39, 0.29) is 11.4 Å². The van der Waals surface area contributed by atoms with E-state index < -0.39 is 36.9 Å². The van der Waals surface area contributed by atoms with Crippen molar-refractivity contribution in [3.05, 3.63) is 11.4 Å². The molecule has 1 aromatic rings. The number of carbonyl (C=O) groups excluding carboxylic acids is 1. The molecule has 0 bridgehead atoms. The predicted octanol–water partition coefficient (Wildman–Crippen LogP) is -2.63. The molecule has 0 amide bonds. The molecule has 18 heavy (non-hydrogen) atoms. The fourth-order valence-electron chi connectivity index (χ4n) is 1.97. The number of aliphatic hydroxyl groups excluding tert-OH is 4. The van der Waals surface area contributed by atoms with Crippen molar-refractivity contribution in [2.45, 2.75) is 24.4 Å². The molecule has 0 radical (unpaired) electrons. The van der Waals surface area contributed by atoms with Gasteiger partial charge in [-0.3, -0.25) is 0 Å². The van der Waals surface area contributed by atoms with Crippen LogP contribution >= 0.6 is 0 Å². The number of fused-ring (bicyclic) bond motifs is 1. The van der Waals surface area contributed by atoms with Gasteiger partial charge >= 0.3 is 5.97 Å². The molecule has 9 nitrogen and oxygen atoms in total. The summed E-state index contributed by atoms with van der Waals surface area (Å²) < 4.78 is 5.49. The summed E-state index contributed by atoms with van der Waals surface area (Å²) in [6, 6.07) is -0.982. The van der Waals surface area contributed by atoms with Gasteiger partial charge in [0.1, 0.15) is 30.0 Å². The zero-order valence-electron chi connectivity index (χ0n) is 9.46. The van der Waals surface area contributed by atoms with Crippen molar-refractivity contribution in [1.82, 2.24) is 15.0 Å². The van der Waals surface area contributed by atoms with Crippen LogP contribution < -0.4 is 0 Å². The van der Waals surface area contributed by atoms with E-state index in [1.54, 1.807) is 0 Å². The first kappa shape index (κ1) is 12.9. The maximum absolute atomic E-state index is 11.4. The number of hydrogen-bond acceptors (Lipinski definition) is 8. The van der Waals surface area contributed by atoms with Crippen molar-refractivity contribution in [1.29, 1.82) is 0 Å². The zero-order valence-corrected chi connectivity index (χ0v) is 9.46. The molecule has 0 fully saturated rings. The average molecular weight is 259 g/mol. The van der Waals surface area contributed by atoms with Gasteiger partial charge < -0.3 is 25.2 Å². The van der Waals surface area contributed by atoms with E-state index in [1.807, 2.05) is 0 Å². The van der Waals surface area contributed by atoms with Crippen LogP contribution in [0.15, 0.2) is 0 Å². The number of ether oxygens (including phenoxy) is 1. The predicted molar refractivity (Wildman–Crippen MR) is 54.5 cm³/mol.